The topological polar surface area (TPSA) is 69.0 Å². The largest absolute Gasteiger partial charge is 0.450 e. The fourth-order valence-electron chi connectivity index (χ4n) is 1.39. The van der Waals surface area contributed by atoms with Crippen molar-refractivity contribution in [3.05, 3.63) is 18.2 Å². The van der Waals surface area contributed by atoms with Gasteiger partial charge in [-0.25, -0.2) is 4.79 Å². The molecule has 1 aromatic heterocycles. The molecule has 0 fully saturated rings. The van der Waals surface area contributed by atoms with E-state index in [9.17, 15) is 4.79 Å². The van der Waals surface area contributed by atoms with Crippen LogP contribution in [-0.4, -0.2) is 27.7 Å². The molecule has 0 unspecified atom stereocenters. The summed E-state index contributed by atoms with van der Waals surface area (Å²) in [6, 6.07) is 5.30. The van der Waals surface area contributed by atoms with E-state index in [0.29, 0.717) is 12.3 Å². The van der Waals surface area contributed by atoms with E-state index in [1.54, 1.807) is 32.2 Å². The Labute approximate surface area is 92.2 Å². The number of nitrogens with zero attached hydrogens (tertiary/aromatic N) is 3. The van der Waals surface area contributed by atoms with E-state index in [0.717, 1.165) is 11.0 Å². The van der Waals surface area contributed by atoms with Gasteiger partial charge in [-0.1, -0.05) is 0 Å². The van der Waals surface area contributed by atoms with E-state index < -0.39 is 6.09 Å². The highest BCUT2D eigenvalue weighted by molar-refractivity contribution is 5.88. The van der Waals surface area contributed by atoms with Crippen molar-refractivity contribution in [2.24, 2.45) is 7.05 Å². The molecule has 2 aromatic rings. The number of anilines is 1. The SMILES string of the molecule is CCOC(=O)Nc1ccc2nn(C)nc2c1. The predicted octanol–water partition coefficient (Wildman–Crippen LogP) is 1.54. The van der Waals surface area contributed by atoms with Gasteiger partial charge in [0.25, 0.3) is 0 Å². The van der Waals surface area contributed by atoms with E-state index in [-0.39, 0.29) is 0 Å². The van der Waals surface area contributed by atoms with E-state index in [1.165, 1.54) is 4.80 Å². The quantitative estimate of drug-likeness (QED) is 0.833. The number of hydrogen-bond acceptors (Lipinski definition) is 4. The molecular formula is C10H12N4O2. The van der Waals surface area contributed by atoms with Crippen LogP contribution in [0.25, 0.3) is 11.0 Å². The molecule has 2 rings (SSSR count). The normalized spacial score (nSPS) is 10.4. The molecule has 0 spiro atoms. The molecule has 0 atom stereocenters. The minimum absolute atomic E-state index is 0.346. The number of nitrogens with one attached hydrogen (secondary N) is 1. The van der Waals surface area contributed by atoms with E-state index in [4.69, 9.17) is 4.74 Å². The summed E-state index contributed by atoms with van der Waals surface area (Å²) >= 11 is 0. The fourth-order valence-corrected chi connectivity index (χ4v) is 1.39. The van der Waals surface area contributed by atoms with Crippen LogP contribution < -0.4 is 5.32 Å². The number of amides is 1. The second-order valence-electron chi connectivity index (χ2n) is 3.24. The van der Waals surface area contributed by atoms with Crippen LogP contribution in [0.1, 0.15) is 6.92 Å². The molecule has 6 heteroatoms. The molecule has 1 amide bonds. The van der Waals surface area contributed by atoms with Crippen molar-refractivity contribution in [3.8, 4) is 0 Å². The Bertz CT molecular complexity index is 521. The van der Waals surface area contributed by atoms with Crippen molar-refractivity contribution < 1.29 is 9.53 Å². The van der Waals surface area contributed by atoms with E-state index in [2.05, 4.69) is 15.5 Å². The first-order chi connectivity index (χ1) is 7.69. The molecule has 0 aliphatic heterocycles. The molecule has 16 heavy (non-hydrogen) atoms. The lowest BCUT2D eigenvalue weighted by molar-refractivity contribution is 0.168. The summed E-state index contributed by atoms with van der Waals surface area (Å²) in [6.45, 7) is 2.10. The predicted molar refractivity (Wildman–Crippen MR) is 59.2 cm³/mol. The second-order valence-corrected chi connectivity index (χ2v) is 3.24. The number of rotatable bonds is 2. The molecule has 0 saturated carbocycles. The highest BCUT2D eigenvalue weighted by atomic mass is 16.5. The highest BCUT2D eigenvalue weighted by Crippen LogP contribution is 2.15. The van der Waals surface area contributed by atoms with Crippen LogP contribution in [0.15, 0.2) is 18.2 Å². The van der Waals surface area contributed by atoms with Gasteiger partial charge in [-0.2, -0.15) is 15.0 Å². The molecule has 1 heterocycles. The number of fused-ring (bicyclic) bond motifs is 1. The van der Waals surface area contributed by atoms with Crippen LogP contribution in [0.4, 0.5) is 10.5 Å². The summed E-state index contributed by atoms with van der Waals surface area (Å²) in [5.41, 5.74) is 2.17. The Balaban J connectivity index is 2.22. The minimum Gasteiger partial charge on any atom is -0.450 e. The molecule has 0 aliphatic carbocycles. The van der Waals surface area contributed by atoms with Gasteiger partial charge in [0.05, 0.1) is 6.61 Å². The van der Waals surface area contributed by atoms with Crippen molar-refractivity contribution in [2.75, 3.05) is 11.9 Å². The van der Waals surface area contributed by atoms with Crippen LogP contribution in [0.5, 0.6) is 0 Å². The Morgan fingerprint density at radius 2 is 2.19 bits per heavy atom. The second kappa shape index (κ2) is 4.18. The molecule has 0 aliphatic rings. The van der Waals surface area contributed by atoms with Crippen LogP contribution in [0.2, 0.25) is 0 Å². The lowest BCUT2D eigenvalue weighted by atomic mass is 10.3. The third-order valence-corrected chi connectivity index (χ3v) is 2.00. The van der Waals surface area contributed by atoms with Crippen molar-refractivity contribution in [1.29, 1.82) is 0 Å². The highest BCUT2D eigenvalue weighted by Gasteiger charge is 2.05. The first-order valence-corrected chi connectivity index (χ1v) is 4.94. The summed E-state index contributed by atoms with van der Waals surface area (Å²) in [4.78, 5) is 12.7. The first-order valence-electron chi connectivity index (χ1n) is 4.94. The molecule has 84 valence electrons. The lowest BCUT2D eigenvalue weighted by Crippen LogP contribution is -2.13. The van der Waals surface area contributed by atoms with Gasteiger partial charge in [0.15, 0.2) is 0 Å². The van der Waals surface area contributed by atoms with E-state index >= 15 is 0 Å². The summed E-state index contributed by atoms with van der Waals surface area (Å²) in [7, 11) is 1.75. The minimum atomic E-state index is -0.467. The van der Waals surface area contributed by atoms with Gasteiger partial charge in [0.2, 0.25) is 0 Å². The summed E-state index contributed by atoms with van der Waals surface area (Å²) in [5, 5.41) is 10.9. The van der Waals surface area contributed by atoms with E-state index in [1.807, 2.05) is 0 Å². The van der Waals surface area contributed by atoms with Crippen molar-refractivity contribution in [3.63, 3.8) is 0 Å². The Morgan fingerprint density at radius 3 is 2.94 bits per heavy atom. The Kier molecular flexibility index (Phi) is 2.72. The zero-order valence-corrected chi connectivity index (χ0v) is 9.10. The van der Waals surface area contributed by atoms with Gasteiger partial charge in [0, 0.05) is 12.7 Å². The average molecular weight is 220 g/mol. The molecular weight excluding hydrogens is 208 g/mol. The number of aryl methyl sites for hydroxylation is 1. The monoisotopic (exact) mass is 220 g/mol. The van der Waals surface area contributed by atoms with Crippen LogP contribution in [0, 0.1) is 0 Å². The van der Waals surface area contributed by atoms with Crippen LogP contribution in [-0.2, 0) is 11.8 Å². The molecule has 0 saturated heterocycles. The van der Waals surface area contributed by atoms with Gasteiger partial charge in [0.1, 0.15) is 11.0 Å². The molecule has 1 N–H and O–H groups in total. The summed E-state index contributed by atoms with van der Waals surface area (Å²) in [5.74, 6) is 0. The van der Waals surface area contributed by atoms with Gasteiger partial charge in [-0.05, 0) is 25.1 Å². The van der Waals surface area contributed by atoms with Gasteiger partial charge < -0.3 is 4.74 Å². The number of carbonyl (C=O) groups is 1. The number of hydrogen-bond donors (Lipinski definition) is 1. The molecule has 0 bridgehead atoms. The van der Waals surface area contributed by atoms with Gasteiger partial charge >= 0.3 is 6.09 Å². The Morgan fingerprint density at radius 1 is 1.44 bits per heavy atom. The third-order valence-electron chi connectivity index (χ3n) is 2.00. The lowest BCUT2D eigenvalue weighted by Gasteiger charge is -2.03. The maximum atomic E-state index is 11.2. The first kappa shape index (κ1) is 10.4. The zero-order chi connectivity index (χ0) is 11.5. The smallest absolute Gasteiger partial charge is 0.411 e. The molecule has 6 nitrogen and oxygen atoms in total. The number of carbonyl (C=O) groups excluding carboxylic acids is 1. The van der Waals surface area contributed by atoms with Crippen LogP contribution in [0.3, 0.4) is 0 Å². The Hall–Kier alpha value is -2.11. The molecule has 1 aromatic carbocycles. The third kappa shape index (κ3) is 2.10. The number of benzene rings is 1. The summed E-state index contributed by atoms with van der Waals surface area (Å²) in [6.07, 6.45) is -0.467. The number of ether oxygens (including phenoxy) is 1. The summed E-state index contributed by atoms with van der Waals surface area (Å²) < 4.78 is 4.77. The van der Waals surface area contributed by atoms with Crippen LogP contribution >= 0.6 is 0 Å². The standard InChI is InChI=1S/C10H12N4O2/c1-3-16-10(15)11-7-4-5-8-9(6-7)13-14(2)12-8/h4-6H,3H2,1-2H3,(H,11,15). The fraction of sp³-hybridized carbons (Fsp3) is 0.300. The maximum absolute atomic E-state index is 11.2. The van der Waals surface area contributed by atoms with Gasteiger partial charge in [-0.15, -0.1) is 0 Å². The van der Waals surface area contributed by atoms with Crippen molar-refractivity contribution in [1.82, 2.24) is 15.0 Å². The van der Waals surface area contributed by atoms with Gasteiger partial charge in [-0.3, -0.25) is 5.32 Å². The van der Waals surface area contributed by atoms with Crippen molar-refractivity contribution in [2.45, 2.75) is 6.92 Å². The van der Waals surface area contributed by atoms with Crippen molar-refractivity contribution >= 4 is 22.8 Å². The molecule has 0 radical (unpaired) electrons. The average Bonchev–Trinajstić information content (AvgIpc) is 2.57. The maximum Gasteiger partial charge on any atom is 0.411 e. The number of aromatic nitrogens is 3. The zero-order valence-electron chi connectivity index (χ0n) is 9.10.